The molecule has 1 heterocycles. The molecular weight excluding hydrogens is 240 g/mol. The molecule has 5 nitrogen and oxygen atoms in total. The van der Waals surface area contributed by atoms with Crippen molar-refractivity contribution >= 4 is 28.2 Å². The van der Waals surface area contributed by atoms with E-state index in [0.717, 1.165) is 36.0 Å². The maximum atomic E-state index is 10.6. The summed E-state index contributed by atoms with van der Waals surface area (Å²) in [6.45, 7) is 0.793. The molecule has 1 aromatic heterocycles. The Morgan fingerprint density at radius 3 is 2.89 bits per heavy atom. The lowest BCUT2D eigenvalue weighted by Gasteiger charge is -2.10. The molecule has 0 aliphatic heterocycles. The highest BCUT2D eigenvalue weighted by Crippen LogP contribution is 2.25. The first kappa shape index (κ1) is 13.1. The van der Waals surface area contributed by atoms with Crippen LogP contribution < -0.4 is 16.8 Å². The van der Waals surface area contributed by atoms with Crippen molar-refractivity contribution in [2.24, 2.45) is 5.73 Å². The zero-order chi connectivity index (χ0) is 13.7. The Morgan fingerprint density at radius 2 is 2.11 bits per heavy atom. The third-order valence-corrected chi connectivity index (χ3v) is 2.97. The summed E-state index contributed by atoms with van der Waals surface area (Å²) < 4.78 is 0. The zero-order valence-electron chi connectivity index (χ0n) is 10.7. The van der Waals surface area contributed by atoms with Gasteiger partial charge < -0.3 is 16.8 Å². The zero-order valence-corrected chi connectivity index (χ0v) is 10.7. The van der Waals surface area contributed by atoms with Crippen LogP contribution in [0.25, 0.3) is 10.9 Å². The van der Waals surface area contributed by atoms with Gasteiger partial charge in [-0.25, -0.2) is 0 Å². The van der Waals surface area contributed by atoms with Crippen molar-refractivity contribution in [3.63, 3.8) is 0 Å². The maximum absolute atomic E-state index is 10.6. The van der Waals surface area contributed by atoms with Gasteiger partial charge in [0.05, 0.1) is 11.2 Å². The minimum absolute atomic E-state index is 0.248. The summed E-state index contributed by atoms with van der Waals surface area (Å²) in [5.41, 5.74) is 13.5. The van der Waals surface area contributed by atoms with Crippen molar-refractivity contribution in [1.82, 2.24) is 4.98 Å². The predicted octanol–water partition coefficient (Wildman–Crippen LogP) is 1.88. The smallest absolute Gasteiger partial charge is 0.217 e. The summed E-state index contributed by atoms with van der Waals surface area (Å²) in [6, 6.07) is 7.67. The topological polar surface area (TPSA) is 94.0 Å². The highest BCUT2D eigenvalue weighted by atomic mass is 16.1. The van der Waals surface area contributed by atoms with Gasteiger partial charge in [-0.05, 0) is 25.0 Å². The quantitative estimate of drug-likeness (QED) is 0.544. The molecule has 0 spiro atoms. The molecule has 0 radical (unpaired) electrons. The van der Waals surface area contributed by atoms with Crippen molar-refractivity contribution in [3.05, 3.63) is 30.5 Å². The number of aromatic nitrogens is 1. The number of nitrogen functional groups attached to an aromatic ring is 1. The maximum Gasteiger partial charge on any atom is 0.217 e. The number of anilines is 2. The summed E-state index contributed by atoms with van der Waals surface area (Å²) in [6.07, 6.45) is 3.87. The van der Waals surface area contributed by atoms with Crippen LogP contribution in [0.3, 0.4) is 0 Å². The first-order valence-electron chi connectivity index (χ1n) is 6.34. The first-order chi connectivity index (χ1) is 9.18. The third kappa shape index (κ3) is 3.34. The molecule has 0 saturated carbocycles. The number of nitrogens with two attached hydrogens (primary N) is 2. The van der Waals surface area contributed by atoms with E-state index in [1.807, 2.05) is 24.3 Å². The predicted molar refractivity (Wildman–Crippen MR) is 77.7 cm³/mol. The van der Waals surface area contributed by atoms with Gasteiger partial charge in [0.15, 0.2) is 0 Å². The van der Waals surface area contributed by atoms with Crippen molar-refractivity contribution in [1.29, 1.82) is 0 Å². The molecule has 1 aromatic carbocycles. The molecule has 0 bridgehead atoms. The lowest BCUT2D eigenvalue weighted by atomic mass is 10.1. The molecule has 0 unspecified atom stereocenters. The molecule has 19 heavy (non-hydrogen) atoms. The third-order valence-electron chi connectivity index (χ3n) is 2.97. The lowest BCUT2D eigenvalue weighted by Crippen LogP contribution is -2.11. The lowest BCUT2D eigenvalue weighted by molar-refractivity contribution is -0.118. The van der Waals surface area contributed by atoms with Crippen molar-refractivity contribution in [3.8, 4) is 0 Å². The summed E-state index contributed by atoms with van der Waals surface area (Å²) in [5.74, 6) is -0.248. The second-order valence-corrected chi connectivity index (χ2v) is 4.45. The number of primary amides is 1. The number of carbonyl (C=O) groups excluding carboxylic acids is 1. The molecule has 5 N–H and O–H groups in total. The fourth-order valence-electron chi connectivity index (χ4n) is 2.00. The second-order valence-electron chi connectivity index (χ2n) is 4.45. The number of fused-ring (bicyclic) bond motifs is 1. The minimum atomic E-state index is -0.248. The Bertz CT molecular complexity index is 583. The van der Waals surface area contributed by atoms with E-state index < -0.39 is 0 Å². The summed E-state index contributed by atoms with van der Waals surface area (Å²) >= 11 is 0. The van der Waals surface area contributed by atoms with Crippen LogP contribution in [0.2, 0.25) is 0 Å². The average Bonchev–Trinajstić information content (AvgIpc) is 2.39. The average molecular weight is 258 g/mol. The van der Waals surface area contributed by atoms with Crippen LogP contribution in [0, 0.1) is 0 Å². The number of nitrogens with one attached hydrogen (secondary N) is 1. The SMILES string of the molecule is NC(=O)CCCCNc1ccnc2c(N)cccc12. The fourth-order valence-corrected chi connectivity index (χ4v) is 2.00. The van der Waals surface area contributed by atoms with Crippen molar-refractivity contribution < 1.29 is 4.79 Å². The largest absolute Gasteiger partial charge is 0.397 e. The van der Waals surface area contributed by atoms with Crippen LogP contribution in [0.1, 0.15) is 19.3 Å². The molecule has 100 valence electrons. The van der Waals surface area contributed by atoms with Gasteiger partial charge in [0.1, 0.15) is 0 Å². The number of carbonyl (C=O) groups is 1. The van der Waals surface area contributed by atoms with E-state index in [2.05, 4.69) is 10.3 Å². The molecule has 0 atom stereocenters. The van der Waals surface area contributed by atoms with Crippen LogP contribution in [0.4, 0.5) is 11.4 Å². The van der Waals surface area contributed by atoms with Crippen LogP contribution in [-0.2, 0) is 4.79 Å². The van der Waals surface area contributed by atoms with Gasteiger partial charge in [0.2, 0.25) is 5.91 Å². The van der Waals surface area contributed by atoms with Gasteiger partial charge in [-0.3, -0.25) is 9.78 Å². The van der Waals surface area contributed by atoms with Gasteiger partial charge in [-0.2, -0.15) is 0 Å². The number of para-hydroxylation sites is 1. The van der Waals surface area contributed by atoms with E-state index in [1.54, 1.807) is 6.20 Å². The summed E-state index contributed by atoms with van der Waals surface area (Å²) in [5, 5.41) is 4.35. The number of unbranched alkanes of at least 4 members (excludes halogenated alkanes) is 1. The monoisotopic (exact) mass is 258 g/mol. The Hall–Kier alpha value is -2.30. The minimum Gasteiger partial charge on any atom is -0.397 e. The Labute approximate surface area is 112 Å². The normalized spacial score (nSPS) is 10.5. The number of hydrogen-bond donors (Lipinski definition) is 3. The van der Waals surface area contributed by atoms with Crippen molar-refractivity contribution in [2.75, 3.05) is 17.6 Å². The number of rotatable bonds is 6. The van der Waals surface area contributed by atoms with E-state index in [1.165, 1.54) is 0 Å². The van der Waals surface area contributed by atoms with E-state index in [9.17, 15) is 4.79 Å². The molecular formula is C14H18N4O. The van der Waals surface area contributed by atoms with E-state index in [0.29, 0.717) is 12.1 Å². The molecule has 0 aliphatic rings. The Kier molecular flexibility index (Phi) is 4.18. The van der Waals surface area contributed by atoms with Crippen molar-refractivity contribution in [2.45, 2.75) is 19.3 Å². The number of nitrogens with zero attached hydrogens (tertiary/aromatic N) is 1. The number of benzene rings is 1. The molecule has 0 aliphatic carbocycles. The van der Waals surface area contributed by atoms with Gasteiger partial charge in [0.25, 0.3) is 0 Å². The highest BCUT2D eigenvalue weighted by Gasteiger charge is 2.03. The van der Waals surface area contributed by atoms with Gasteiger partial charge in [0, 0.05) is 30.2 Å². The van der Waals surface area contributed by atoms with E-state index >= 15 is 0 Å². The van der Waals surface area contributed by atoms with E-state index in [4.69, 9.17) is 11.5 Å². The first-order valence-corrected chi connectivity index (χ1v) is 6.34. The molecule has 0 saturated heterocycles. The Balaban J connectivity index is 2.01. The Morgan fingerprint density at radius 1 is 1.26 bits per heavy atom. The second kappa shape index (κ2) is 6.04. The number of pyridine rings is 1. The molecule has 2 aromatic rings. The van der Waals surface area contributed by atoms with Crippen LogP contribution in [0.15, 0.2) is 30.5 Å². The molecule has 0 fully saturated rings. The number of hydrogen-bond acceptors (Lipinski definition) is 4. The van der Waals surface area contributed by atoms with Gasteiger partial charge >= 0.3 is 0 Å². The van der Waals surface area contributed by atoms with Gasteiger partial charge in [-0.15, -0.1) is 0 Å². The van der Waals surface area contributed by atoms with Gasteiger partial charge in [-0.1, -0.05) is 12.1 Å². The van der Waals surface area contributed by atoms with E-state index in [-0.39, 0.29) is 5.91 Å². The molecule has 5 heteroatoms. The fraction of sp³-hybridized carbons (Fsp3) is 0.286. The molecule has 1 amide bonds. The standard InChI is InChI=1S/C14H18N4O/c15-11-5-3-4-10-12(7-9-18-14(10)11)17-8-2-1-6-13(16)19/h3-5,7,9H,1-2,6,8,15H2,(H2,16,19)(H,17,18). The van der Waals surface area contributed by atoms with Crippen LogP contribution >= 0.6 is 0 Å². The van der Waals surface area contributed by atoms with Crippen LogP contribution in [-0.4, -0.2) is 17.4 Å². The summed E-state index contributed by atoms with van der Waals surface area (Å²) in [4.78, 5) is 14.9. The molecule has 2 rings (SSSR count). The number of amides is 1. The highest BCUT2D eigenvalue weighted by molar-refractivity contribution is 5.97. The summed E-state index contributed by atoms with van der Waals surface area (Å²) in [7, 11) is 0. The van der Waals surface area contributed by atoms with Crippen LogP contribution in [0.5, 0.6) is 0 Å².